The highest BCUT2D eigenvalue weighted by Crippen LogP contribution is 2.29. The maximum Gasteiger partial charge on any atom is 0.258 e. The molecule has 1 aliphatic heterocycles. The number of aryl methyl sites for hydroxylation is 1. The van der Waals surface area contributed by atoms with Crippen molar-refractivity contribution in [3.05, 3.63) is 95.6 Å². The fourth-order valence-electron chi connectivity index (χ4n) is 4.66. The van der Waals surface area contributed by atoms with Gasteiger partial charge in [0.1, 0.15) is 0 Å². The summed E-state index contributed by atoms with van der Waals surface area (Å²) >= 11 is 0. The number of nitrogens with zero attached hydrogens (tertiary/aromatic N) is 2. The molecule has 188 valence electrons. The number of carbonyl (C=O) groups is 2. The lowest BCUT2D eigenvalue weighted by Gasteiger charge is -2.28. The van der Waals surface area contributed by atoms with E-state index in [9.17, 15) is 18.0 Å². The molecule has 7 heteroatoms. The van der Waals surface area contributed by atoms with Crippen molar-refractivity contribution in [3.8, 4) is 0 Å². The van der Waals surface area contributed by atoms with Crippen molar-refractivity contribution < 1.29 is 18.0 Å². The number of ketones is 1. The zero-order valence-electron chi connectivity index (χ0n) is 20.9. The van der Waals surface area contributed by atoms with Crippen molar-refractivity contribution in [3.63, 3.8) is 0 Å². The van der Waals surface area contributed by atoms with Crippen molar-refractivity contribution in [2.24, 2.45) is 0 Å². The van der Waals surface area contributed by atoms with Crippen molar-refractivity contribution in [2.45, 2.75) is 57.0 Å². The molecule has 0 unspecified atom stereocenters. The van der Waals surface area contributed by atoms with Crippen molar-refractivity contribution in [1.82, 2.24) is 4.31 Å². The number of hydrogen-bond acceptors (Lipinski definition) is 4. The Kier molecular flexibility index (Phi) is 7.71. The third-order valence-electron chi connectivity index (χ3n) is 6.55. The topological polar surface area (TPSA) is 74.8 Å². The van der Waals surface area contributed by atoms with Crippen LogP contribution in [-0.4, -0.2) is 43.0 Å². The minimum Gasteiger partial charge on any atom is -0.306 e. The van der Waals surface area contributed by atoms with Crippen LogP contribution in [0.3, 0.4) is 0 Å². The van der Waals surface area contributed by atoms with Crippen LogP contribution < -0.4 is 4.90 Å². The van der Waals surface area contributed by atoms with Gasteiger partial charge in [-0.3, -0.25) is 9.59 Å². The van der Waals surface area contributed by atoms with E-state index in [0.717, 1.165) is 11.1 Å². The standard InChI is InChI=1S/C29H32N2O4S/c1-21(2)31(29(33)24-13-11-22(3)12-14-24)25-15-17-26(18-16-25)36(34,35)30-19-7-10-27(30)28(32)20-23-8-5-4-6-9-23/h4-6,8-9,11-18,21,27H,7,10,19-20H2,1-3H3/t27-/m0/s1. The third kappa shape index (κ3) is 5.42. The molecule has 1 amide bonds. The SMILES string of the molecule is Cc1ccc(C(=O)N(c2ccc(S(=O)(=O)N3CCC[C@H]3C(=O)Cc3ccccc3)cc2)C(C)C)cc1. The van der Waals surface area contributed by atoms with E-state index in [1.807, 2.05) is 63.2 Å². The van der Waals surface area contributed by atoms with Gasteiger partial charge >= 0.3 is 0 Å². The number of benzene rings is 3. The molecule has 0 saturated carbocycles. The van der Waals surface area contributed by atoms with Gasteiger partial charge in [-0.05, 0) is 75.6 Å². The normalized spacial score (nSPS) is 16.3. The predicted octanol–water partition coefficient (Wildman–Crippen LogP) is 5.02. The van der Waals surface area contributed by atoms with Crippen LogP contribution in [0.25, 0.3) is 0 Å². The first-order valence-electron chi connectivity index (χ1n) is 12.3. The van der Waals surface area contributed by atoms with Crippen LogP contribution in [-0.2, 0) is 21.2 Å². The van der Waals surface area contributed by atoms with Gasteiger partial charge < -0.3 is 4.90 Å². The van der Waals surface area contributed by atoms with Crippen LogP contribution >= 0.6 is 0 Å². The maximum atomic E-state index is 13.5. The van der Waals surface area contributed by atoms with Gasteiger partial charge in [-0.2, -0.15) is 4.31 Å². The van der Waals surface area contributed by atoms with Crippen LogP contribution in [0.1, 0.15) is 48.2 Å². The third-order valence-corrected chi connectivity index (χ3v) is 8.47. The first-order valence-corrected chi connectivity index (χ1v) is 13.7. The second kappa shape index (κ2) is 10.8. The van der Waals surface area contributed by atoms with Gasteiger partial charge in [0.25, 0.3) is 5.91 Å². The number of carbonyl (C=O) groups excluding carboxylic acids is 2. The number of anilines is 1. The molecule has 1 aliphatic rings. The summed E-state index contributed by atoms with van der Waals surface area (Å²) in [6.45, 7) is 6.13. The lowest BCUT2D eigenvalue weighted by atomic mass is 10.0. The lowest BCUT2D eigenvalue weighted by Crippen LogP contribution is -2.41. The van der Waals surface area contributed by atoms with E-state index in [1.165, 1.54) is 16.4 Å². The smallest absolute Gasteiger partial charge is 0.258 e. The molecule has 1 fully saturated rings. The van der Waals surface area contributed by atoms with Crippen LogP contribution in [0.4, 0.5) is 5.69 Å². The second-order valence-electron chi connectivity index (χ2n) is 9.53. The lowest BCUT2D eigenvalue weighted by molar-refractivity contribution is -0.121. The molecule has 0 spiro atoms. The van der Waals surface area contributed by atoms with E-state index in [-0.39, 0.29) is 29.0 Å². The highest BCUT2D eigenvalue weighted by molar-refractivity contribution is 7.89. The zero-order valence-corrected chi connectivity index (χ0v) is 21.7. The fourth-order valence-corrected chi connectivity index (χ4v) is 6.34. The molecule has 0 bridgehead atoms. The van der Waals surface area contributed by atoms with Gasteiger partial charge in [0.2, 0.25) is 10.0 Å². The van der Waals surface area contributed by atoms with E-state index >= 15 is 0 Å². The highest BCUT2D eigenvalue weighted by atomic mass is 32.2. The van der Waals surface area contributed by atoms with Crippen LogP contribution in [0.2, 0.25) is 0 Å². The molecule has 36 heavy (non-hydrogen) atoms. The molecule has 3 aromatic rings. The Hall–Kier alpha value is -3.29. The van der Waals surface area contributed by atoms with Gasteiger partial charge in [-0.25, -0.2) is 8.42 Å². The second-order valence-corrected chi connectivity index (χ2v) is 11.4. The van der Waals surface area contributed by atoms with Gasteiger partial charge in [0.15, 0.2) is 5.78 Å². The zero-order chi connectivity index (χ0) is 25.9. The van der Waals surface area contributed by atoms with Gasteiger partial charge in [0, 0.05) is 30.3 Å². The number of rotatable bonds is 8. The Labute approximate surface area is 213 Å². The largest absolute Gasteiger partial charge is 0.306 e. The molecule has 3 aromatic carbocycles. The Morgan fingerprint density at radius 3 is 2.19 bits per heavy atom. The summed E-state index contributed by atoms with van der Waals surface area (Å²) in [6, 6.07) is 22.4. The molecule has 1 atom stereocenters. The molecule has 0 aromatic heterocycles. The monoisotopic (exact) mass is 504 g/mol. The summed E-state index contributed by atoms with van der Waals surface area (Å²) < 4.78 is 28.3. The van der Waals surface area contributed by atoms with E-state index in [2.05, 4.69) is 0 Å². The molecule has 0 N–H and O–H groups in total. The Balaban J connectivity index is 1.55. The first kappa shape index (κ1) is 25.8. The van der Waals surface area contributed by atoms with Gasteiger partial charge in [0.05, 0.1) is 10.9 Å². The molecule has 0 aliphatic carbocycles. The van der Waals surface area contributed by atoms with Gasteiger partial charge in [-0.1, -0.05) is 48.0 Å². The molecule has 1 heterocycles. The number of amides is 1. The van der Waals surface area contributed by atoms with E-state index in [4.69, 9.17) is 0 Å². The summed E-state index contributed by atoms with van der Waals surface area (Å²) in [6.07, 6.45) is 1.38. The van der Waals surface area contributed by atoms with Crippen LogP contribution in [0.5, 0.6) is 0 Å². The van der Waals surface area contributed by atoms with Crippen molar-refractivity contribution in [2.75, 3.05) is 11.4 Å². The fraction of sp³-hybridized carbons (Fsp3) is 0.310. The average molecular weight is 505 g/mol. The minimum absolute atomic E-state index is 0.0893. The Bertz CT molecular complexity index is 1320. The Morgan fingerprint density at radius 2 is 1.58 bits per heavy atom. The summed E-state index contributed by atoms with van der Waals surface area (Å²) in [5.41, 5.74) is 3.14. The van der Waals surface area contributed by atoms with Gasteiger partial charge in [-0.15, -0.1) is 0 Å². The average Bonchev–Trinajstić information content (AvgIpc) is 3.37. The number of sulfonamides is 1. The van der Waals surface area contributed by atoms with Crippen LogP contribution in [0, 0.1) is 6.92 Å². The van der Waals surface area contributed by atoms with Crippen molar-refractivity contribution in [1.29, 1.82) is 0 Å². The molecular formula is C29H32N2O4S. The van der Waals surface area contributed by atoms with E-state index in [0.29, 0.717) is 30.6 Å². The summed E-state index contributed by atoms with van der Waals surface area (Å²) in [5, 5.41) is 0. The first-order chi connectivity index (χ1) is 17.2. The summed E-state index contributed by atoms with van der Waals surface area (Å²) in [7, 11) is -3.86. The summed E-state index contributed by atoms with van der Waals surface area (Å²) in [4.78, 5) is 28.0. The highest BCUT2D eigenvalue weighted by Gasteiger charge is 2.39. The molecule has 4 rings (SSSR count). The van der Waals surface area contributed by atoms with E-state index < -0.39 is 16.1 Å². The van der Waals surface area contributed by atoms with E-state index in [1.54, 1.807) is 29.2 Å². The van der Waals surface area contributed by atoms with Crippen molar-refractivity contribution >= 4 is 27.4 Å². The molecule has 6 nitrogen and oxygen atoms in total. The number of hydrogen-bond donors (Lipinski definition) is 0. The molecule has 1 saturated heterocycles. The molecule has 0 radical (unpaired) electrons. The minimum atomic E-state index is -3.86. The quantitative estimate of drug-likeness (QED) is 0.432. The number of Topliss-reactive ketones (excluding diaryl/α,β-unsaturated/α-hetero) is 1. The van der Waals surface area contributed by atoms with Crippen LogP contribution in [0.15, 0.2) is 83.8 Å². The summed E-state index contributed by atoms with van der Waals surface area (Å²) in [5.74, 6) is -0.236. The maximum absolute atomic E-state index is 13.5. The Morgan fingerprint density at radius 1 is 0.944 bits per heavy atom. The predicted molar refractivity (Wildman–Crippen MR) is 142 cm³/mol. The molecular weight excluding hydrogens is 472 g/mol.